The summed E-state index contributed by atoms with van der Waals surface area (Å²) in [6, 6.07) is 6.00. The van der Waals surface area contributed by atoms with Gasteiger partial charge in [-0.2, -0.15) is 0 Å². The lowest BCUT2D eigenvalue weighted by atomic mass is 9.96. The number of nitrogens with one attached hydrogen (secondary N) is 1. The molecule has 18 heavy (non-hydrogen) atoms. The highest BCUT2D eigenvalue weighted by molar-refractivity contribution is 5.78. The molecular formula is C14H21N3O. The zero-order valence-electron chi connectivity index (χ0n) is 10.9. The summed E-state index contributed by atoms with van der Waals surface area (Å²) in [4.78, 5) is 18.4. The van der Waals surface area contributed by atoms with Gasteiger partial charge in [-0.3, -0.25) is 14.7 Å². The smallest absolute Gasteiger partial charge is 0.223 e. The number of rotatable bonds is 4. The summed E-state index contributed by atoms with van der Waals surface area (Å²) in [7, 11) is 0. The monoisotopic (exact) mass is 247 g/mol. The molecule has 0 radical (unpaired) electrons. The third-order valence-electron chi connectivity index (χ3n) is 3.42. The molecule has 1 aromatic heterocycles. The standard InChI is InChI=1S/C14H21N3O/c1-2-15-14(18)12-6-9-17(10-7-12)11-13-5-3-4-8-16-13/h3-5,8,12H,2,6-7,9-11H2,1H3,(H,15,18). The number of nitrogens with zero attached hydrogens (tertiary/aromatic N) is 2. The molecule has 1 aliphatic heterocycles. The van der Waals surface area contributed by atoms with Crippen LogP contribution in [0, 0.1) is 5.92 Å². The Labute approximate surface area is 108 Å². The molecule has 0 aliphatic carbocycles. The van der Waals surface area contributed by atoms with Crippen molar-refractivity contribution in [3.63, 3.8) is 0 Å². The van der Waals surface area contributed by atoms with E-state index in [4.69, 9.17) is 0 Å². The van der Waals surface area contributed by atoms with Gasteiger partial charge in [0.15, 0.2) is 0 Å². The van der Waals surface area contributed by atoms with Crippen molar-refractivity contribution in [1.29, 1.82) is 0 Å². The fourth-order valence-corrected chi connectivity index (χ4v) is 2.39. The summed E-state index contributed by atoms with van der Waals surface area (Å²) in [6.45, 7) is 5.56. The molecule has 1 amide bonds. The maximum Gasteiger partial charge on any atom is 0.223 e. The second-order valence-corrected chi connectivity index (χ2v) is 4.77. The maximum absolute atomic E-state index is 11.7. The lowest BCUT2D eigenvalue weighted by molar-refractivity contribution is -0.126. The molecule has 1 aliphatic rings. The second kappa shape index (κ2) is 6.50. The minimum absolute atomic E-state index is 0.199. The Kier molecular flexibility index (Phi) is 4.70. The zero-order chi connectivity index (χ0) is 12.8. The van der Waals surface area contributed by atoms with Crippen molar-refractivity contribution >= 4 is 5.91 Å². The van der Waals surface area contributed by atoms with Crippen molar-refractivity contribution in [1.82, 2.24) is 15.2 Å². The van der Waals surface area contributed by atoms with Gasteiger partial charge >= 0.3 is 0 Å². The molecular weight excluding hydrogens is 226 g/mol. The summed E-state index contributed by atoms with van der Waals surface area (Å²) in [5.74, 6) is 0.417. The van der Waals surface area contributed by atoms with E-state index < -0.39 is 0 Å². The summed E-state index contributed by atoms with van der Waals surface area (Å²) in [5.41, 5.74) is 1.11. The van der Waals surface area contributed by atoms with Crippen LogP contribution in [0.3, 0.4) is 0 Å². The average Bonchev–Trinajstić information content (AvgIpc) is 2.41. The molecule has 1 fully saturated rings. The molecule has 0 unspecified atom stereocenters. The predicted molar refractivity (Wildman–Crippen MR) is 70.9 cm³/mol. The number of carbonyl (C=O) groups excluding carboxylic acids is 1. The Morgan fingerprint density at radius 2 is 2.22 bits per heavy atom. The lowest BCUT2D eigenvalue weighted by Crippen LogP contribution is -2.40. The molecule has 1 N–H and O–H groups in total. The van der Waals surface area contributed by atoms with E-state index in [0.29, 0.717) is 0 Å². The van der Waals surface area contributed by atoms with Crippen molar-refractivity contribution in [3.05, 3.63) is 30.1 Å². The quantitative estimate of drug-likeness (QED) is 0.875. The van der Waals surface area contributed by atoms with Crippen LogP contribution in [0.5, 0.6) is 0 Å². The highest BCUT2D eigenvalue weighted by atomic mass is 16.1. The Morgan fingerprint density at radius 3 is 2.83 bits per heavy atom. The fraction of sp³-hybridized carbons (Fsp3) is 0.571. The van der Waals surface area contributed by atoms with Crippen LogP contribution in [-0.4, -0.2) is 35.4 Å². The number of pyridine rings is 1. The van der Waals surface area contributed by atoms with E-state index in [-0.39, 0.29) is 11.8 Å². The van der Waals surface area contributed by atoms with Gasteiger partial charge in [-0.15, -0.1) is 0 Å². The van der Waals surface area contributed by atoms with Gasteiger partial charge in [-0.1, -0.05) is 6.07 Å². The minimum atomic E-state index is 0.199. The molecule has 0 saturated carbocycles. The van der Waals surface area contributed by atoms with Gasteiger partial charge in [0, 0.05) is 25.2 Å². The molecule has 2 heterocycles. The number of carbonyl (C=O) groups is 1. The van der Waals surface area contributed by atoms with E-state index in [1.54, 1.807) is 0 Å². The predicted octanol–water partition coefficient (Wildman–Crippen LogP) is 1.43. The van der Waals surface area contributed by atoms with Crippen molar-refractivity contribution in [2.75, 3.05) is 19.6 Å². The van der Waals surface area contributed by atoms with Gasteiger partial charge in [-0.05, 0) is 45.0 Å². The zero-order valence-corrected chi connectivity index (χ0v) is 10.9. The van der Waals surface area contributed by atoms with E-state index >= 15 is 0 Å². The molecule has 1 saturated heterocycles. The van der Waals surface area contributed by atoms with Crippen LogP contribution in [0.2, 0.25) is 0 Å². The number of hydrogen-bond donors (Lipinski definition) is 1. The molecule has 0 spiro atoms. The van der Waals surface area contributed by atoms with E-state index in [9.17, 15) is 4.79 Å². The first-order chi connectivity index (χ1) is 8.79. The van der Waals surface area contributed by atoms with Crippen molar-refractivity contribution in [2.45, 2.75) is 26.3 Å². The van der Waals surface area contributed by atoms with Gasteiger partial charge in [-0.25, -0.2) is 0 Å². The van der Waals surface area contributed by atoms with Gasteiger partial charge < -0.3 is 5.32 Å². The first kappa shape index (κ1) is 13.0. The van der Waals surface area contributed by atoms with Crippen molar-refractivity contribution in [2.24, 2.45) is 5.92 Å². The molecule has 98 valence electrons. The largest absolute Gasteiger partial charge is 0.356 e. The number of amides is 1. The van der Waals surface area contributed by atoms with E-state index in [2.05, 4.69) is 21.3 Å². The number of piperidine rings is 1. The molecule has 4 nitrogen and oxygen atoms in total. The summed E-state index contributed by atoms with van der Waals surface area (Å²) < 4.78 is 0. The highest BCUT2D eigenvalue weighted by Gasteiger charge is 2.24. The third-order valence-corrected chi connectivity index (χ3v) is 3.42. The first-order valence-corrected chi connectivity index (χ1v) is 6.69. The normalized spacial score (nSPS) is 17.6. The fourth-order valence-electron chi connectivity index (χ4n) is 2.39. The van der Waals surface area contributed by atoms with Crippen LogP contribution in [0.25, 0.3) is 0 Å². The molecule has 1 aromatic rings. The number of hydrogen-bond acceptors (Lipinski definition) is 3. The van der Waals surface area contributed by atoms with Gasteiger partial charge in [0.25, 0.3) is 0 Å². The Morgan fingerprint density at radius 1 is 1.44 bits per heavy atom. The first-order valence-electron chi connectivity index (χ1n) is 6.69. The van der Waals surface area contributed by atoms with Crippen LogP contribution < -0.4 is 5.32 Å². The Balaban J connectivity index is 1.78. The maximum atomic E-state index is 11.7. The summed E-state index contributed by atoms with van der Waals surface area (Å²) >= 11 is 0. The minimum Gasteiger partial charge on any atom is -0.356 e. The second-order valence-electron chi connectivity index (χ2n) is 4.77. The topological polar surface area (TPSA) is 45.2 Å². The van der Waals surface area contributed by atoms with Crippen molar-refractivity contribution in [3.8, 4) is 0 Å². The van der Waals surface area contributed by atoms with Crippen molar-refractivity contribution < 1.29 is 4.79 Å². The Hall–Kier alpha value is -1.42. The SMILES string of the molecule is CCNC(=O)C1CCN(Cc2ccccn2)CC1. The van der Waals surface area contributed by atoms with Crippen LogP contribution in [0.15, 0.2) is 24.4 Å². The van der Waals surface area contributed by atoms with Gasteiger partial charge in [0.2, 0.25) is 5.91 Å². The van der Waals surface area contributed by atoms with Crippen LogP contribution in [-0.2, 0) is 11.3 Å². The number of likely N-dealkylation sites (tertiary alicyclic amines) is 1. The van der Waals surface area contributed by atoms with E-state index in [1.165, 1.54) is 0 Å². The van der Waals surface area contributed by atoms with Crippen LogP contribution in [0.4, 0.5) is 0 Å². The van der Waals surface area contributed by atoms with Gasteiger partial charge in [0.05, 0.1) is 5.69 Å². The molecule has 2 rings (SSSR count). The Bertz CT molecular complexity index is 372. The third kappa shape index (κ3) is 3.53. The summed E-state index contributed by atoms with van der Waals surface area (Å²) in [5, 5.41) is 2.91. The van der Waals surface area contributed by atoms with Crippen LogP contribution in [0.1, 0.15) is 25.5 Å². The molecule has 0 atom stereocenters. The van der Waals surface area contributed by atoms with E-state index in [0.717, 1.165) is 44.7 Å². The molecule has 0 bridgehead atoms. The molecule has 4 heteroatoms. The lowest BCUT2D eigenvalue weighted by Gasteiger charge is -2.30. The van der Waals surface area contributed by atoms with Crippen LogP contribution >= 0.6 is 0 Å². The highest BCUT2D eigenvalue weighted by Crippen LogP contribution is 2.18. The average molecular weight is 247 g/mol. The number of aromatic nitrogens is 1. The van der Waals surface area contributed by atoms with Gasteiger partial charge in [0.1, 0.15) is 0 Å². The van der Waals surface area contributed by atoms with E-state index in [1.807, 2.05) is 25.3 Å². The molecule has 0 aromatic carbocycles. The summed E-state index contributed by atoms with van der Waals surface area (Å²) in [6.07, 6.45) is 3.74.